The predicted octanol–water partition coefficient (Wildman–Crippen LogP) is 2.29. The van der Waals surface area contributed by atoms with Crippen molar-refractivity contribution in [3.05, 3.63) is 29.3 Å². The van der Waals surface area contributed by atoms with E-state index in [1.807, 2.05) is 24.0 Å². The lowest BCUT2D eigenvalue weighted by atomic mass is 9.95. The second kappa shape index (κ2) is 6.44. The van der Waals surface area contributed by atoms with Crippen LogP contribution in [-0.2, 0) is 4.79 Å². The normalized spacial score (nSPS) is 15.5. The topological polar surface area (TPSA) is 70.1 Å². The first-order valence-electron chi connectivity index (χ1n) is 6.22. The van der Waals surface area contributed by atoms with Crippen LogP contribution < -0.4 is 5.73 Å². The summed E-state index contributed by atoms with van der Waals surface area (Å²) in [6, 6.07) is 7.33. The lowest BCUT2D eigenvalue weighted by Gasteiger charge is -2.21. The molecule has 2 rings (SSSR count). The third-order valence-electron chi connectivity index (χ3n) is 3.51. The predicted molar refractivity (Wildman–Crippen MR) is 77.0 cm³/mol. The maximum absolute atomic E-state index is 12.3. The second-order valence-electron chi connectivity index (χ2n) is 4.67. The monoisotopic (exact) mass is 279 g/mol. The van der Waals surface area contributed by atoms with Crippen molar-refractivity contribution >= 4 is 24.0 Å². The number of nitrogen functional groups attached to an aromatic ring is 1. The number of nitrogens with zero attached hydrogens (tertiary/aromatic N) is 2. The van der Waals surface area contributed by atoms with E-state index in [1.54, 1.807) is 12.1 Å². The van der Waals surface area contributed by atoms with Crippen LogP contribution in [0.5, 0.6) is 0 Å². The molecular formula is C14H18ClN3O. The van der Waals surface area contributed by atoms with Crippen LogP contribution in [0, 0.1) is 11.3 Å². The van der Waals surface area contributed by atoms with Gasteiger partial charge in [-0.1, -0.05) is 12.1 Å². The minimum atomic E-state index is -0.281. The zero-order chi connectivity index (χ0) is 13.1. The van der Waals surface area contributed by atoms with Crippen molar-refractivity contribution < 1.29 is 4.79 Å². The molecule has 1 aromatic carbocycles. The van der Waals surface area contributed by atoms with E-state index in [9.17, 15) is 4.79 Å². The van der Waals surface area contributed by atoms with E-state index >= 15 is 0 Å². The van der Waals surface area contributed by atoms with Crippen LogP contribution in [0.4, 0.5) is 5.69 Å². The smallest absolute Gasteiger partial charge is 0.229 e. The number of carbonyl (C=O) groups excluding carboxylic acids is 1. The maximum Gasteiger partial charge on any atom is 0.229 e. The zero-order valence-electron chi connectivity index (χ0n) is 10.9. The molecule has 2 N–H and O–H groups in total. The Morgan fingerprint density at radius 3 is 2.63 bits per heavy atom. The van der Waals surface area contributed by atoms with Gasteiger partial charge in [-0.05, 0) is 31.4 Å². The average Bonchev–Trinajstić information content (AvgIpc) is 2.91. The minimum absolute atomic E-state index is 0. The second-order valence-corrected chi connectivity index (χ2v) is 4.67. The standard InChI is InChI=1S/C14H17N3O.ClH/c1-10(14(18)17-7-2-3-8-17)12-6-4-5-11(9-15)13(12)16;/h4-6,10H,2-3,7-8,16H2,1H3;1H. The highest BCUT2D eigenvalue weighted by atomic mass is 35.5. The highest BCUT2D eigenvalue weighted by molar-refractivity contribution is 5.86. The van der Waals surface area contributed by atoms with E-state index in [2.05, 4.69) is 0 Å². The van der Waals surface area contributed by atoms with Crippen LogP contribution in [-0.4, -0.2) is 23.9 Å². The molecule has 19 heavy (non-hydrogen) atoms. The van der Waals surface area contributed by atoms with Crippen LogP contribution in [0.15, 0.2) is 18.2 Å². The van der Waals surface area contributed by atoms with Crippen LogP contribution in [0.1, 0.15) is 36.8 Å². The van der Waals surface area contributed by atoms with E-state index in [1.165, 1.54) is 0 Å². The maximum atomic E-state index is 12.3. The summed E-state index contributed by atoms with van der Waals surface area (Å²) in [5.41, 5.74) is 7.56. The Labute approximate surface area is 119 Å². The number of amides is 1. The molecule has 1 fully saturated rings. The van der Waals surface area contributed by atoms with Crippen molar-refractivity contribution in [2.45, 2.75) is 25.7 Å². The fraction of sp³-hybridized carbons (Fsp3) is 0.429. The zero-order valence-corrected chi connectivity index (χ0v) is 11.7. The summed E-state index contributed by atoms with van der Waals surface area (Å²) >= 11 is 0. The number of benzene rings is 1. The molecule has 1 amide bonds. The Morgan fingerprint density at radius 1 is 1.42 bits per heavy atom. The summed E-state index contributed by atoms with van der Waals surface area (Å²) in [4.78, 5) is 14.2. The van der Waals surface area contributed by atoms with Gasteiger partial charge in [0.2, 0.25) is 5.91 Å². The number of rotatable bonds is 2. The Hall–Kier alpha value is -1.73. The van der Waals surface area contributed by atoms with Crippen molar-refractivity contribution in [1.82, 2.24) is 4.90 Å². The van der Waals surface area contributed by atoms with Crippen LogP contribution in [0.25, 0.3) is 0 Å². The molecule has 0 bridgehead atoms. The van der Waals surface area contributed by atoms with Crippen molar-refractivity contribution in [1.29, 1.82) is 5.26 Å². The fourth-order valence-electron chi connectivity index (χ4n) is 2.40. The van der Waals surface area contributed by atoms with Gasteiger partial charge >= 0.3 is 0 Å². The molecule has 0 aliphatic carbocycles. The third kappa shape index (κ3) is 2.99. The highest BCUT2D eigenvalue weighted by Gasteiger charge is 2.25. The van der Waals surface area contributed by atoms with Gasteiger partial charge in [0, 0.05) is 13.1 Å². The number of nitrogens with two attached hydrogens (primary N) is 1. The van der Waals surface area contributed by atoms with Gasteiger partial charge in [-0.25, -0.2) is 0 Å². The Bertz CT molecular complexity index is 504. The molecule has 1 unspecified atom stereocenters. The first-order valence-corrected chi connectivity index (χ1v) is 6.22. The number of halogens is 1. The fourth-order valence-corrected chi connectivity index (χ4v) is 2.40. The van der Waals surface area contributed by atoms with E-state index in [4.69, 9.17) is 11.0 Å². The Kier molecular flexibility index (Phi) is 5.20. The average molecular weight is 280 g/mol. The summed E-state index contributed by atoms with van der Waals surface area (Å²) in [5, 5.41) is 8.95. The largest absolute Gasteiger partial charge is 0.397 e. The van der Waals surface area contributed by atoms with Crippen molar-refractivity contribution in [2.24, 2.45) is 0 Å². The van der Waals surface area contributed by atoms with E-state index in [-0.39, 0.29) is 24.2 Å². The van der Waals surface area contributed by atoms with Gasteiger partial charge in [-0.3, -0.25) is 4.79 Å². The Morgan fingerprint density at radius 2 is 2.05 bits per heavy atom. The molecule has 0 radical (unpaired) electrons. The molecule has 5 heteroatoms. The first-order chi connectivity index (χ1) is 8.65. The third-order valence-corrected chi connectivity index (χ3v) is 3.51. The van der Waals surface area contributed by atoms with Gasteiger partial charge in [0.15, 0.2) is 0 Å². The van der Waals surface area contributed by atoms with Crippen molar-refractivity contribution in [3.63, 3.8) is 0 Å². The molecule has 1 saturated heterocycles. The molecule has 1 aliphatic heterocycles. The number of hydrogen-bond donors (Lipinski definition) is 1. The number of hydrogen-bond acceptors (Lipinski definition) is 3. The lowest BCUT2D eigenvalue weighted by molar-refractivity contribution is -0.131. The SMILES string of the molecule is CC(C(=O)N1CCCC1)c1cccc(C#N)c1N.Cl. The summed E-state index contributed by atoms with van der Waals surface area (Å²) in [6.07, 6.45) is 2.15. The minimum Gasteiger partial charge on any atom is -0.397 e. The van der Waals surface area contributed by atoms with E-state index < -0.39 is 0 Å². The molecule has 0 spiro atoms. The molecular weight excluding hydrogens is 262 g/mol. The van der Waals surface area contributed by atoms with E-state index in [0.29, 0.717) is 11.3 Å². The molecule has 1 aliphatic rings. The number of nitriles is 1. The molecule has 1 aromatic rings. The molecule has 0 saturated carbocycles. The summed E-state index contributed by atoms with van der Waals surface area (Å²) in [6.45, 7) is 3.52. The van der Waals surface area contributed by atoms with Crippen LogP contribution >= 0.6 is 12.4 Å². The van der Waals surface area contributed by atoms with Gasteiger partial charge in [0.25, 0.3) is 0 Å². The summed E-state index contributed by atoms with van der Waals surface area (Å²) in [7, 11) is 0. The van der Waals surface area contributed by atoms with Crippen molar-refractivity contribution in [2.75, 3.05) is 18.8 Å². The van der Waals surface area contributed by atoms with E-state index in [0.717, 1.165) is 31.5 Å². The summed E-state index contributed by atoms with van der Waals surface area (Å²) < 4.78 is 0. The number of likely N-dealkylation sites (tertiary alicyclic amines) is 1. The quantitative estimate of drug-likeness (QED) is 0.845. The van der Waals surface area contributed by atoms with Crippen molar-refractivity contribution in [3.8, 4) is 6.07 Å². The van der Waals surface area contributed by atoms with Gasteiger partial charge in [-0.15, -0.1) is 12.4 Å². The Balaban J connectivity index is 0.00000180. The number of anilines is 1. The lowest BCUT2D eigenvalue weighted by Crippen LogP contribution is -2.31. The molecule has 1 atom stereocenters. The van der Waals surface area contributed by atoms with Crippen LogP contribution in [0.3, 0.4) is 0 Å². The molecule has 0 aromatic heterocycles. The molecule has 4 nitrogen and oxygen atoms in total. The van der Waals surface area contributed by atoms with Gasteiger partial charge in [-0.2, -0.15) is 5.26 Å². The van der Waals surface area contributed by atoms with Gasteiger partial charge < -0.3 is 10.6 Å². The highest BCUT2D eigenvalue weighted by Crippen LogP contribution is 2.27. The number of para-hydroxylation sites is 1. The van der Waals surface area contributed by atoms with Gasteiger partial charge in [0.1, 0.15) is 6.07 Å². The summed E-state index contributed by atoms with van der Waals surface area (Å²) in [5.74, 6) is -0.175. The van der Waals surface area contributed by atoms with Gasteiger partial charge in [0.05, 0.1) is 17.2 Å². The first kappa shape index (κ1) is 15.3. The molecule has 102 valence electrons. The number of carbonyl (C=O) groups is 1. The molecule has 1 heterocycles. The van der Waals surface area contributed by atoms with Crippen LogP contribution in [0.2, 0.25) is 0 Å².